The van der Waals surface area contributed by atoms with Crippen molar-refractivity contribution in [2.24, 2.45) is 0 Å². The van der Waals surface area contributed by atoms with Gasteiger partial charge in [0.05, 0.1) is 0 Å². The minimum absolute atomic E-state index is 0.0574. The van der Waals surface area contributed by atoms with Gasteiger partial charge in [-0.2, -0.15) is 0 Å². The van der Waals surface area contributed by atoms with Crippen molar-refractivity contribution in [2.75, 3.05) is 23.7 Å². The van der Waals surface area contributed by atoms with Crippen LogP contribution in [0.3, 0.4) is 0 Å². The second-order valence-electron chi connectivity index (χ2n) is 7.01. The number of piperidine rings is 1. The lowest BCUT2D eigenvalue weighted by atomic mass is 9.96. The molecular weight excluding hydrogens is 336 g/mol. The SMILES string of the molecule is C[C@@H](c1cccc(-c2cnc(N3CCCCC3)nc2)c1)c1nccc(N)n1. The van der Waals surface area contributed by atoms with Crippen LogP contribution in [0.2, 0.25) is 0 Å². The van der Waals surface area contributed by atoms with Gasteiger partial charge in [0.25, 0.3) is 0 Å². The number of aromatic nitrogens is 4. The predicted molar refractivity (Wildman–Crippen MR) is 107 cm³/mol. The summed E-state index contributed by atoms with van der Waals surface area (Å²) in [6.07, 6.45) is 9.27. The molecule has 3 aromatic rings. The van der Waals surface area contributed by atoms with Gasteiger partial charge in [-0.05, 0) is 36.5 Å². The monoisotopic (exact) mass is 360 g/mol. The lowest BCUT2D eigenvalue weighted by Gasteiger charge is -2.26. The van der Waals surface area contributed by atoms with E-state index in [0.717, 1.165) is 41.6 Å². The highest BCUT2D eigenvalue weighted by Crippen LogP contribution is 2.27. The minimum Gasteiger partial charge on any atom is -0.384 e. The summed E-state index contributed by atoms with van der Waals surface area (Å²) < 4.78 is 0. The number of nitrogens with zero attached hydrogens (tertiary/aromatic N) is 5. The zero-order valence-corrected chi connectivity index (χ0v) is 15.5. The lowest BCUT2D eigenvalue weighted by molar-refractivity contribution is 0.568. The zero-order chi connectivity index (χ0) is 18.6. The fourth-order valence-corrected chi connectivity index (χ4v) is 3.46. The molecule has 1 aromatic carbocycles. The second-order valence-corrected chi connectivity index (χ2v) is 7.01. The van der Waals surface area contributed by atoms with E-state index in [0.29, 0.717) is 5.82 Å². The standard InChI is InChI=1S/C21H24N6/c1-15(20-23-9-8-19(22)26-20)16-6-5-7-17(12-16)18-13-24-21(25-14-18)27-10-3-2-4-11-27/h5-9,12-15H,2-4,10-11H2,1H3,(H2,22,23,26)/t15-/m0/s1. The van der Waals surface area contributed by atoms with E-state index in [2.05, 4.69) is 50.0 Å². The van der Waals surface area contributed by atoms with Gasteiger partial charge >= 0.3 is 0 Å². The molecule has 0 aliphatic carbocycles. The third-order valence-electron chi connectivity index (χ3n) is 5.08. The van der Waals surface area contributed by atoms with E-state index in [1.54, 1.807) is 12.3 Å². The molecule has 2 aromatic heterocycles. The van der Waals surface area contributed by atoms with Crippen LogP contribution in [0, 0.1) is 0 Å². The highest BCUT2D eigenvalue weighted by molar-refractivity contribution is 5.63. The van der Waals surface area contributed by atoms with Gasteiger partial charge in [-0.15, -0.1) is 0 Å². The zero-order valence-electron chi connectivity index (χ0n) is 15.5. The smallest absolute Gasteiger partial charge is 0.225 e. The molecule has 1 aliphatic heterocycles. The van der Waals surface area contributed by atoms with Crippen LogP contribution >= 0.6 is 0 Å². The van der Waals surface area contributed by atoms with Crippen molar-refractivity contribution < 1.29 is 0 Å². The van der Waals surface area contributed by atoms with Crippen LogP contribution in [0.4, 0.5) is 11.8 Å². The number of benzene rings is 1. The Kier molecular flexibility index (Phi) is 4.96. The normalized spacial score (nSPS) is 15.5. The van der Waals surface area contributed by atoms with Crippen LogP contribution in [0.15, 0.2) is 48.9 Å². The van der Waals surface area contributed by atoms with Gasteiger partial charge in [-0.1, -0.05) is 31.2 Å². The van der Waals surface area contributed by atoms with Crippen molar-refractivity contribution in [2.45, 2.75) is 32.1 Å². The Balaban J connectivity index is 1.57. The van der Waals surface area contributed by atoms with Gasteiger partial charge < -0.3 is 10.6 Å². The van der Waals surface area contributed by atoms with E-state index in [9.17, 15) is 0 Å². The Morgan fingerprint density at radius 1 is 0.963 bits per heavy atom. The average Bonchev–Trinajstić information content (AvgIpc) is 2.74. The van der Waals surface area contributed by atoms with Crippen molar-refractivity contribution in [3.63, 3.8) is 0 Å². The van der Waals surface area contributed by atoms with Gasteiger partial charge in [-0.3, -0.25) is 0 Å². The molecule has 1 fully saturated rings. The molecule has 0 saturated carbocycles. The maximum atomic E-state index is 5.80. The highest BCUT2D eigenvalue weighted by Gasteiger charge is 2.15. The van der Waals surface area contributed by atoms with E-state index < -0.39 is 0 Å². The lowest BCUT2D eigenvalue weighted by Crippen LogP contribution is -2.30. The van der Waals surface area contributed by atoms with Crippen molar-refractivity contribution in [3.8, 4) is 11.1 Å². The highest BCUT2D eigenvalue weighted by atomic mass is 15.2. The molecule has 1 saturated heterocycles. The molecule has 6 heteroatoms. The third kappa shape index (κ3) is 3.89. The summed E-state index contributed by atoms with van der Waals surface area (Å²) in [7, 11) is 0. The fraction of sp³-hybridized carbons (Fsp3) is 0.333. The van der Waals surface area contributed by atoms with Crippen LogP contribution in [0.1, 0.15) is 43.5 Å². The van der Waals surface area contributed by atoms with Crippen LogP contribution in [0.5, 0.6) is 0 Å². The summed E-state index contributed by atoms with van der Waals surface area (Å²) in [5.41, 5.74) is 9.04. The van der Waals surface area contributed by atoms with E-state index in [4.69, 9.17) is 5.73 Å². The van der Waals surface area contributed by atoms with Crippen molar-refractivity contribution in [1.82, 2.24) is 19.9 Å². The summed E-state index contributed by atoms with van der Waals surface area (Å²) in [6.45, 7) is 4.18. The number of hydrogen-bond donors (Lipinski definition) is 1. The van der Waals surface area contributed by atoms with Crippen molar-refractivity contribution >= 4 is 11.8 Å². The van der Waals surface area contributed by atoms with Crippen LogP contribution in [-0.2, 0) is 0 Å². The average molecular weight is 360 g/mol. The summed E-state index contributed by atoms with van der Waals surface area (Å²) >= 11 is 0. The Bertz CT molecular complexity index is 903. The quantitative estimate of drug-likeness (QED) is 0.765. The molecule has 6 nitrogen and oxygen atoms in total. The summed E-state index contributed by atoms with van der Waals surface area (Å²) in [5, 5.41) is 0. The van der Waals surface area contributed by atoms with Gasteiger partial charge in [0.15, 0.2) is 0 Å². The molecule has 0 unspecified atom stereocenters. The number of nitrogens with two attached hydrogens (primary N) is 1. The molecule has 1 aliphatic rings. The van der Waals surface area contributed by atoms with E-state index >= 15 is 0 Å². The van der Waals surface area contributed by atoms with Gasteiger partial charge in [0, 0.05) is 43.2 Å². The number of anilines is 2. The molecule has 2 N–H and O–H groups in total. The fourth-order valence-electron chi connectivity index (χ4n) is 3.46. The first-order valence-electron chi connectivity index (χ1n) is 9.46. The molecule has 0 radical (unpaired) electrons. The molecule has 3 heterocycles. The Morgan fingerprint density at radius 3 is 2.48 bits per heavy atom. The van der Waals surface area contributed by atoms with Gasteiger partial charge in [0.1, 0.15) is 11.6 Å². The van der Waals surface area contributed by atoms with Gasteiger partial charge in [-0.25, -0.2) is 19.9 Å². The van der Waals surface area contributed by atoms with Gasteiger partial charge in [0.2, 0.25) is 5.95 Å². The predicted octanol–water partition coefficient (Wildman–Crippen LogP) is 3.66. The largest absolute Gasteiger partial charge is 0.384 e. The minimum atomic E-state index is 0.0574. The first-order valence-corrected chi connectivity index (χ1v) is 9.46. The molecule has 0 spiro atoms. The third-order valence-corrected chi connectivity index (χ3v) is 5.08. The number of rotatable bonds is 4. The number of hydrogen-bond acceptors (Lipinski definition) is 6. The second kappa shape index (κ2) is 7.70. The molecule has 1 atom stereocenters. The maximum absolute atomic E-state index is 5.80. The molecule has 138 valence electrons. The maximum Gasteiger partial charge on any atom is 0.225 e. The molecule has 0 amide bonds. The Morgan fingerprint density at radius 2 is 1.74 bits per heavy atom. The topological polar surface area (TPSA) is 80.8 Å². The Hall–Kier alpha value is -3.02. The van der Waals surface area contributed by atoms with Crippen molar-refractivity contribution in [3.05, 3.63) is 60.3 Å². The first-order chi connectivity index (χ1) is 13.2. The van der Waals surface area contributed by atoms with Crippen LogP contribution in [0.25, 0.3) is 11.1 Å². The van der Waals surface area contributed by atoms with E-state index in [1.807, 2.05) is 18.5 Å². The summed E-state index contributed by atoms with van der Waals surface area (Å²) in [5.74, 6) is 2.10. The van der Waals surface area contributed by atoms with Crippen LogP contribution in [-0.4, -0.2) is 33.0 Å². The summed E-state index contributed by atoms with van der Waals surface area (Å²) in [4.78, 5) is 20.2. The summed E-state index contributed by atoms with van der Waals surface area (Å²) in [6, 6.07) is 10.1. The molecule has 0 bridgehead atoms. The molecule has 4 rings (SSSR count). The molecular formula is C21H24N6. The Labute approximate surface area is 159 Å². The first kappa shape index (κ1) is 17.4. The van der Waals surface area contributed by atoms with Crippen molar-refractivity contribution in [1.29, 1.82) is 0 Å². The van der Waals surface area contributed by atoms with E-state index in [-0.39, 0.29) is 5.92 Å². The van der Waals surface area contributed by atoms with E-state index in [1.165, 1.54) is 19.3 Å². The number of nitrogen functional groups attached to an aromatic ring is 1. The molecule has 27 heavy (non-hydrogen) atoms. The van der Waals surface area contributed by atoms with Crippen LogP contribution < -0.4 is 10.6 Å².